The molecule has 0 amide bonds. The lowest BCUT2D eigenvalue weighted by Gasteiger charge is -2.21. The van der Waals surface area contributed by atoms with Gasteiger partial charge in [-0.1, -0.05) is 6.07 Å². The van der Waals surface area contributed by atoms with Crippen LogP contribution in [0, 0.1) is 0 Å². The predicted molar refractivity (Wildman–Crippen MR) is 76.1 cm³/mol. The summed E-state index contributed by atoms with van der Waals surface area (Å²) in [5.74, 6) is 0.392. The van der Waals surface area contributed by atoms with E-state index in [1.807, 2.05) is 12.1 Å². The van der Waals surface area contributed by atoms with E-state index >= 15 is 0 Å². The molecule has 1 aliphatic carbocycles. The maximum atomic E-state index is 5.75. The molecule has 0 atom stereocenters. The van der Waals surface area contributed by atoms with E-state index in [-0.39, 0.29) is 0 Å². The third kappa shape index (κ3) is 3.96. The van der Waals surface area contributed by atoms with Gasteiger partial charge < -0.3 is 16.4 Å². The summed E-state index contributed by atoms with van der Waals surface area (Å²) in [6.45, 7) is 0.621. The number of thiocarbonyl (C=S) groups is 1. The molecule has 4 N–H and O–H groups in total. The van der Waals surface area contributed by atoms with Gasteiger partial charge in [0.15, 0.2) is 11.1 Å². The fourth-order valence-corrected chi connectivity index (χ4v) is 1.77. The second kappa shape index (κ2) is 6.30. The van der Waals surface area contributed by atoms with Crippen molar-refractivity contribution in [3.63, 3.8) is 0 Å². The highest BCUT2D eigenvalue weighted by Crippen LogP contribution is 2.21. The molecule has 0 radical (unpaired) electrons. The van der Waals surface area contributed by atoms with Crippen LogP contribution in [-0.4, -0.2) is 22.1 Å². The topological polar surface area (TPSA) is 75.3 Å². The Bertz CT molecular complexity index is 427. The predicted octanol–water partition coefficient (Wildman–Crippen LogP) is 0.913. The maximum Gasteiger partial charge on any atom is 0.195 e. The highest BCUT2D eigenvalue weighted by atomic mass is 32.1. The van der Waals surface area contributed by atoms with Gasteiger partial charge in [0.1, 0.15) is 0 Å². The third-order valence-electron chi connectivity index (χ3n) is 2.81. The second-order valence-electron chi connectivity index (χ2n) is 4.27. The van der Waals surface area contributed by atoms with Gasteiger partial charge in [0.05, 0.1) is 6.04 Å². The lowest BCUT2D eigenvalue weighted by atomic mass is 9.94. The lowest BCUT2D eigenvalue weighted by molar-refractivity contribution is 0.419. The number of pyridine rings is 1. The summed E-state index contributed by atoms with van der Waals surface area (Å²) in [5.41, 5.74) is 6.82. The molecule has 1 aliphatic rings. The van der Waals surface area contributed by atoms with Crippen molar-refractivity contribution >= 4 is 23.3 Å². The van der Waals surface area contributed by atoms with Gasteiger partial charge in [0.2, 0.25) is 0 Å². The number of rotatable bonds is 3. The van der Waals surface area contributed by atoms with Crippen LogP contribution >= 0.6 is 12.2 Å². The summed E-state index contributed by atoms with van der Waals surface area (Å²) >= 11 is 5.13. The molecule has 96 valence electrons. The maximum absolute atomic E-state index is 5.75. The molecule has 1 heterocycles. The summed E-state index contributed by atoms with van der Waals surface area (Å²) in [6.07, 6.45) is 7.02. The molecule has 0 aliphatic heterocycles. The molecule has 1 fully saturated rings. The summed E-state index contributed by atoms with van der Waals surface area (Å²) in [6, 6.07) is 4.24. The van der Waals surface area contributed by atoms with Gasteiger partial charge in [0, 0.05) is 18.9 Å². The Morgan fingerprint density at radius 2 is 2.39 bits per heavy atom. The Balaban J connectivity index is 1.73. The van der Waals surface area contributed by atoms with Crippen LogP contribution < -0.4 is 16.4 Å². The lowest BCUT2D eigenvalue weighted by Crippen LogP contribution is -2.43. The third-order valence-corrected chi connectivity index (χ3v) is 3.06. The van der Waals surface area contributed by atoms with E-state index in [2.05, 4.69) is 20.6 Å². The quantitative estimate of drug-likeness (QED) is 0.429. The van der Waals surface area contributed by atoms with E-state index in [1.54, 1.807) is 12.4 Å². The summed E-state index contributed by atoms with van der Waals surface area (Å²) < 4.78 is 0. The van der Waals surface area contributed by atoms with Crippen molar-refractivity contribution < 1.29 is 0 Å². The van der Waals surface area contributed by atoms with Gasteiger partial charge in [-0.25, -0.2) is 4.99 Å². The van der Waals surface area contributed by atoms with Crippen molar-refractivity contribution in [3.8, 4) is 0 Å². The van der Waals surface area contributed by atoms with Crippen LogP contribution in [0.3, 0.4) is 0 Å². The van der Waals surface area contributed by atoms with Crippen LogP contribution in [0.15, 0.2) is 29.5 Å². The first-order valence-electron chi connectivity index (χ1n) is 6.01. The van der Waals surface area contributed by atoms with Gasteiger partial charge in [-0.2, -0.15) is 0 Å². The van der Waals surface area contributed by atoms with Gasteiger partial charge in [-0.3, -0.25) is 4.98 Å². The number of nitrogens with two attached hydrogens (primary N) is 1. The number of hydrogen-bond donors (Lipinski definition) is 3. The van der Waals surface area contributed by atoms with Crippen molar-refractivity contribution in [2.24, 2.45) is 10.7 Å². The molecule has 1 saturated carbocycles. The molecule has 1 aromatic heterocycles. The number of guanidine groups is 1. The second-order valence-corrected chi connectivity index (χ2v) is 4.68. The first kappa shape index (κ1) is 12.8. The van der Waals surface area contributed by atoms with Gasteiger partial charge in [-0.05, 0) is 43.1 Å². The summed E-state index contributed by atoms with van der Waals surface area (Å²) in [4.78, 5) is 8.35. The van der Waals surface area contributed by atoms with Gasteiger partial charge in [-0.15, -0.1) is 0 Å². The van der Waals surface area contributed by atoms with Crippen LogP contribution in [0.2, 0.25) is 0 Å². The molecule has 0 saturated heterocycles. The molecule has 18 heavy (non-hydrogen) atoms. The average Bonchev–Trinajstić information content (AvgIpc) is 2.33. The summed E-state index contributed by atoms with van der Waals surface area (Å²) in [5, 5.41) is 6.42. The number of nitrogens with zero attached hydrogens (tertiary/aromatic N) is 2. The fourth-order valence-electron chi connectivity index (χ4n) is 1.59. The average molecular weight is 263 g/mol. The van der Waals surface area contributed by atoms with E-state index < -0.39 is 0 Å². The van der Waals surface area contributed by atoms with Crippen molar-refractivity contribution in [3.05, 3.63) is 30.1 Å². The molecule has 0 spiro atoms. The minimum atomic E-state index is 0.374. The van der Waals surface area contributed by atoms with E-state index in [0.717, 1.165) is 18.4 Å². The van der Waals surface area contributed by atoms with E-state index in [9.17, 15) is 0 Å². The number of hydrogen-bond acceptors (Lipinski definition) is 3. The fraction of sp³-hybridized carbons (Fsp3) is 0.417. The Labute approximate surface area is 112 Å². The minimum Gasteiger partial charge on any atom is -0.370 e. The van der Waals surface area contributed by atoms with Crippen LogP contribution in [0.5, 0.6) is 0 Å². The van der Waals surface area contributed by atoms with E-state index in [1.165, 1.54) is 6.42 Å². The normalized spacial score (nSPS) is 15.9. The zero-order valence-corrected chi connectivity index (χ0v) is 10.9. The largest absolute Gasteiger partial charge is 0.370 e. The van der Waals surface area contributed by atoms with Crippen molar-refractivity contribution in [2.45, 2.75) is 31.8 Å². The van der Waals surface area contributed by atoms with Gasteiger partial charge in [0.25, 0.3) is 0 Å². The monoisotopic (exact) mass is 263 g/mol. The minimum absolute atomic E-state index is 0.374. The molecule has 0 bridgehead atoms. The number of nitrogens with one attached hydrogen (secondary N) is 2. The van der Waals surface area contributed by atoms with Gasteiger partial charge >= 0.3 is 0 Å². The SMILES string of the molecule is NC(=NC1CCC1)NC(=S)NCc1cccnc1. The van der Waals surface area contributed by atoms with Crippen LogP contribution in [0.1, 0.15) is 24.8 Å². The molecule has 6 heteroatoms. The number of aliphatic imine (C=N–C) groups is 1. The van der Waals surface area contributed by atoms with Crippen LogP contribution in [-0.2, 0) is 6.54 Å². The standard InChI is InChI=1S/C12H17N5S/c13-11(16-10-4-1-5-10)17-12(18)15-8-9-3-2-6-14-7-9/h2-3,6-7,10H,1,4-5,8H2,(H4,13,15,16,17,18). The molecule has 2 rings (SSSR count). The summed E-state index contributed by atoms with van der Waals surface area (Å²) in [7, 11) is 0. The highest BCUT2D eigenvalue weighted by molar-refractivity contribution is 7.80. The van der Waals surface area contributed by atoms with Crippen molar-refractivity contribution in [2.75, 3.05) is 0 Å². The first-order chi connectivity index (χ1) is 8.74. The van der Waals surface area contributed by atoms with Crippen LogP contribution in [0.25, 0.3) is 0 Å². The van der Waals surface area contributed by atoms with Crippen LogP contribution in [0.4, 0.5) is 0 Å². The Morgan fingerprint density at radius 3 is 3.00 bits per heavy atom. The Morgan fingerprint density at radius 1 is 1.56 bits per heavy atom. The van der Waals surface area contributed by atoms with Crippen molar-refractivity contribution in [1.82, 2.24) is 15.6 Å². The highest BCUT2D eigenvalue weighted by Gasteiger charge is 2.16. The van der Waals surface area contributed by atoms with E-state index in [4.69, 9.17) is 18.0 Å². The first-order valence-corrected chi connectivity index (χ1v) is 6.42. The van der Waals surface area contributed by atoms with E-state index in [0.29, 0.717) is 23.7 Å². The molecular formula is C12H17N5S. The Hall–Kier alpha value is -1.69. The zero-order chi connectivity index (χ0) is 12.8. The Kier molecular flexibility index (Phi) is 4.46. The molecular weight excluding hydrogens is 246 g/mol. The van der Waals surface area contributed by atoms with Crippen molar-refractivity contribution in [1.29, 1.82) is 0 Å². The molecule has 5 nitrogen and oxygen atoms in total. The molecule has 0 unspecified atom stereocenters. The molecule has 0 aromatic carbocycles. The number of aromatic nitrogens is 1. The molecule has 1 aromatic rings. The zero-order valence-electron chi connectivity index (χ0n) is 10.1. The smallest absolute Gasteiger partial charge is 0.195 e.